The van der Waals surface area contributed by atoms with Crippen LogP contribution in [0.1, 0.15) is 15.2 Å². The number of hydrazone groups is 1. The molecule has 0 aliphatic heterocycles. The lowest BCUT2D eigenvalue weighted by molar-refractivity contribution is -0.119. The third kappa shape index (κ3) is 4.73. The van der Waals surface area contributed by atoms with Crippen LogP contribution in [0, 0.1) is 0 Å². The number of ether oxygens (including phenoxy) is 1. The van der Waals surface area contributed by atoms with Gasteiger partial charge in [-0.25, -0.2) is 5.43 Å². The van der Waals surface area contributed by atoms with E-state index in [9.17, 15) is 9.59 Å². The molecular formula is C14H13N3O3S. The number of thiophene rings is 1. The van der Waals surface area contributed by atoms with Crippen molar-refractivity contribution in [3.8, 4) is 5.75 Å². The van der Waals surface area contributed by atoms with Crippen LogP contribution in [0.25, 0.3) is 0 Å². The molecular weight excluding hydrogens is 290 g/mol. The van der Waals surface area contributed by atoms with Crippen molar-refractivity contribution in [2.24, 2.45) is 10.8 Å². The predicted octanol–water partition coefficient (Wildman–Crippen LogP) is 1.38. The van der Waals surface area contributed by atoms with E-state index in [0.29, 0.717) is 10.6 Å². The molecule has 1 aromatic heterocycles. The first kappa shape index (κ1) is 14.7. The lowest BCUT2D eigenvalue weighted by Crippen LogP contribution is -2.19. The molecule has 0 bridgehead atoms. The zero-order valence-electron chi connectivity index (χ0n) is 11.0. The molecule has 6 nitrogen and oxygen atoms in total. The molecule has 7 heteroatoms. The highest BCUT2D eigenvalue weighted by Crippen LogP contribution is 2.11. The summed E-state index contributed by atoms with van der Waals surface area (Å²) >= 11 is 1.35. The number of primary amides is 1. The van der Waals surface area contributed by atoms with Gasteiger partial charge >= 0.3 is 0 Å². The second-order valence-corrected chi connectivity index (χ2v) is 4.95. The van der Waals surface area contributed by atoms with Gasteiger partial charge in [-0.05, 0) is 41.3 Å². The highest BCUT2D eigenvalue weighted by molar-refractivity contribution is 7.12. The van der Waals surface area contributed by atoms with Crippen molar-refractivity contribution in [1.29, 1.82) is 0 Å². The number of carbonyl (C=O) groups excluding carboxylic acids is 2. The summed E-state index contributed by atoms with van der Waals surface area (Å²) in [6, 6.07) is 10.4. The van der Waals surface area contributed by atoms with Gasteiger partial charge in [0, 0.05) is 0 Å². The van der Waals surface area contributed by atoms with Crippen molar-refractivity contribution in [2.45, 2.75) is 0 Å². The maximum Gasteiger partial charge on any atom is 0.281 e. The maximum absolute atomic E-state index is 11.6. The molecule has 108 valence electrons. The molecule has 3 N–H and O–H groups in total. The Labute approximate surface area is 125 Å². The minimum absolute atomic E-state index is 0.162. The molecule has 0 saturated heterocycles. The minimum atomic E-state index is -0.531. The molecule has 0 atom stereocenters. The van der Waals surface area contributed by atoms with Gasteiger partial charge in [0.25, 0.3) is 11.8 Å². The highest BCUT2D eigenvalue weighted by Gasteiger charge is 2.03. The smallest absolute Gasteiger partial charge is 0.281 e. The summed E-state index contributed by atoms with van der Waals surface area (Å²) in [5, 5.41) is 5.69. The van der Waals surface area contributed by atoms with E-state index in [1.54, 1.807) is 36.4 Å². The summed E-state index contributed by atoms with van der Waals surface area (Å²) in [5.41, 5.74) is 8.20. The molecule has 0 saturated carbocycles. The zero-order valence-corrected chi connectivity index (χ0v) is 11.8. The fourth-order valence-electron chi connectivity index (χ4n) is 1.43. The summed E-state index contributed by atoms with van der Waals surface area (Å²) in [6.07, 6.45) is 1.52. The Balaban J connectivity index is 1.86. The largest absolute Gasteiger partial charge is 0.484 e. The number of hydrogen-bond donors (Lipinski definition) is 2. The van der Waals surface area contributed by atoms with Gasteiger partial charge in [0.15, 0.2) is 6.61 Å². The number of benzene rings is 1. The standard InChI is InChI=1S/C14H13N3O3S/c15-13(18)9-20-11-5-3-10(4-6-11)8-16-17-14(19)12-2-1-7-21-12/h1-8H,9H2,(H2,15,18)(H,17,19). The molecule has 0 spiro atoms. The monoisotopic (exact) mass is 303 g/mol. The number of nitrogens with two attached hydrogens (primary N) is 1. The summed E-state index contributed by atoms with van der Waals surface area (Å²) < 4.78 is 5.13. The average Bonchev–Trinajstić information content (AvgIpc) is 3.00. The molecule has 0 unspecified atom stereocenters. The van der Waals surface area contributed by atoms with Gasteiger partial charge < -0.3 is 10.5 Å². The fraction of sp³-hybridized carbons (Fsp3) is 0.0714. The SMILES string of the molecule is NC(=O)COc1ccc(C=NNC(=O)c2cccs2)cc1. The van der Waals surface area contributed by atoms with Crippen LogP contribution in [0.4, 0.5) is 0 Å². The molecule has 2 aromatic rings. The minimum Gasteiger partial charge on any atom is -0.484 e. The van der Waals surface area contributed by atoms with Crippen molar-refractivity contribution in [3.63, 3.8) is 0 Å². The first-order valence-corrected chi connectivity index (χ1v) is 6.91. The predicted molar refractivity (Wildman–Crippen MR) is 80.5 cm³/mol. The van der Waals surface area contributed by atoms with Gasteiger partial charge in [0.2, 0.25) is 0 Å². The van der Waals surface area contributed by atoms with E-state index < -0.39 is 5.91 Å². The zero-order chi connectivity index (χ0) is 15.1. The van der Waals surface area contributed by atoms with Crippen LogP contribution in [-0.4, -0.2) is 24.6 Å². The molecule has 21 heavy (non-hydrogen) atoms. The second kappa shape index (κ2) is 7.20. The summed E-state index contributed by atoms with van der Waals surface area (Å²) in [5.74, 6) is -0.242. The number of hydrogen-bond acceptors (Lipinski definition) is 5. The quantitative estimate of drug-likeness (QED) is 0.623. The molecule has 0 aliphatic carbocycles. The van der Waals surface area contributed by atoms with Crippen molar-refractivity contribution >= 4 is 29.4 Å². The Hall–Kier alpha value is -2.67. The Morgan fingerprint density at radius 1 is 1.29 bits per heavy atom. The van der Waals surface area contributed by atoms with E-state index in [-0.39, 0.29) is 12.5 Å². The number of nitrogens with one attached hydrogen (secondary N) is 1. The van der Waals surface area contributed by atoms with Crippen molar-refractivity contribution in [2.75, 3.05) is 6.61 Å². The molecule has 2 amide bonds. The van der Waals surface area contributed by atoms with Crippen molar-refractivity contribution < 1.29 is 14.3 Å². The van der Waals surface area contributed by atoms with Crippen LogP contribution in [0.5, 0.6) is 5.75 Å². The Kier molecular flexibility index (Phi) is 5.05. The number of rotatable bonds is 6. The van der Waals surface area contributed by atoms with E-state index in [1.165, 1.54) is 17.6 Å². The summed E-state index contributed by atoms with van der Waals surface area (Å²) in [6.45, 7) is -0.162. The van der Waals surface area contributed by atoms with Crippen LogP contribution in [0.15, 0.2) is 46.9 Å². The van der Waals surface area contributed by atoms with Gasteiger partial charge in [0.05, 0.1) is 11.1 Å². The van der Waals surface area contributed by atoms with Gasteiger partial charge in [-0.1, -0.05) is 6.07 Å². The highest BCUT2D eigenvalue weighted by atomic mass is 32.1. The maximum atomic E-state index is 11.6. The van der Waals surface area contributed by atoms with E-state index in [1.807, 2.05) is 5.38 Å². The Morgan fingerprint density at radius 2 is 2.05 bits per heavy atom. The molecule has 1 heterocycles. The van der Waals surface area contributed by atoms with Gasteiger partial charge in [-0.15, -0.1) is 11.3 Å². The fourth-order valence-corrected chi connectivity index (χ4v) is 2.05. The third-order valence-electron chi connectivity index (χ3n) is 2.39. The number of amides is 2. The van der Waals surface area contributed by atoms with Crippen LogP contribution in [0.3, 0.4) is 0 Å². The first-order chi connectivity index (χ1) is 10.1. The second-order valence-electron chi connectivity index (χ2n) is 4.00. The van der Waals surface area contributed by atoms with Gasteiger partial charge in [-0.2, -0.15) is 5.10 Å². The van der Waals surface area contributed by atoms with Crippen LogP contribution < -0.4 is 15.9 Å². The molecule has 2 rings (SSSR count). The normalized spacial score (nSPS) is 10.5. The third-order valence-corrected chi connectivity index (χ3v) is 3.25. The Bertz CT molecular complexity index is 636. The molecule has 0 radical (unpaired) electrons. The topological polar surface area (TPSA) is 93.8 Å². The lowest BCUT2D eigenvalue weighted by atomic mass is 10.2. The van der Waals surface area contributed by atoms with Crippen LogP contribution >= 0.6 is 11.3 Å². The Morgan fingerprint density at radius 3 is 2.67 bits per heavy atom. The molecule has 0 fully saturated rings. The summed E-state index contributed by atoms with van der Waals surface area (Å²) in [7, 11) is 0. The van der Waals surface area contributed by atoms with Crippen molar-refractivity contribution in [1.82, 2.24) is 5.43 Å². The van der Waals surface area contributed by atoms with Crippen LogP contribution in [-0.2, 0) is 4.79 Å². The van der Waals surface area contributed by atoms with Gasteiger partial charge in [-0.3, -0.25) is 9.59 Å². The van der Waals surface area contributed by atoms with Crippen LogP contribution in [0.2, 0.25) is 0 Å². The lowest BCUT2D eigenvalue weighted by Gasteiger charge is -2.03. The van der Waals surface area contributed by atoms with E-state index in [2.05, 4.69) is 10.5 Å². The molecule has 1 aromatic carbocycles. The van der Waals surface area contributed by atoms with E-state index in [0.717, 1.165) is 5.56 Å². The van der Waals surface area contributed by atoms with Gasteiger partial charge in [0.1, 0.15) is 5.75 Å². The van der Waals surface area contributed by atoms with E-state index in [4.69, 9.17) is 10.5 Å². The van der Waals surface area contributed by atoms with E-state index >= 15 is 0 Å². The molecule has 0 aliphatic rings. The summed E-state index contributed by atoms with van der Waals surface area (Å²) in [4.78, 5) is 22.8. The number of carbonyl (C=O) groups is 2. The average molecular weight is 303 g/mol. The number of nitrogens with zero attached hydrogens (tertiary/aromatic N) is 1. The van der Waals surface area contributed by atoms with Crippen molar-refractivity contribution in [3.05, 3.63) is 52.2 Å². The first-order valence-electron chi connectivity index (χ1n) is 6.03.